The Labute approximate surface area is 212 Å². The zero-order valence-electron chi connectivity index (χ0n) is 21.8. The molecule has 0 atom stereocenters. The van der Waals surface area contributed by atoms with Crippen molar-refractivity contribution in [1.82, 2.24) is 0 Å². The van der Waals surface area contributed by atoms with Gasteiger partial charge in [0.05, 0.1) is 6.61 Å². The van der Waals surface area contributed by atoms with Crippen molar-refractivity contribution in [1.29, 1.82) is 0 Å². The first-order valence-corrected chi connectivity index (χ1v) is 14.5. The predicted molar refractivity (Wildman–Crippen MR) is 142 cm³/mol. The summed E-state index contributed by atoms with van der Waals surface area (Å²) >= 11 is 0. The Morgan fingerprint density at radius 3 is 1.94 bits per heavy atom. The molecular weight excluding hydrogens is 438 g/mol. The summed E-state index contributed by atoms with van der Waals surface area (Å²) in [4.78, 5) is 0. The molecule has 0 bridgehead atoms. The van der Waals surface area contributed by atoms with Crippen LogP contribution in [0.1, 0.15) is 108 Å². The third-order valence-corrected chi connectivity index (χ3v) is 9.40. The van der Waals surface area contributed by atoms with Crippen LogP contribution >= 0.6 is 0 Å². The molecule has 0 saturated heterocycles. The molecule has 0 heterocycles. The lowest BCUT2D eigenvalue weighted by Gasteiger charge is -2.37. The Hall–Kier alpha value is -1.64. The van der Waals surface area contributed by atoms with Gasteiger partial charge in [-0.1, -0.05) is 24.3 Å². The Kier molecular flexibility index (Phi) is 9.86. The highest BCUT2D eigenvalue weighted by Gasteiger charge is 2.32. The van der Waals surface area contributed by atoms with Crippen LogP contribution in [0.25, 0.3) is 0 Å². The normalized spacial score (nSPS) is 32.0. The van der Waals surface area contributed by atoms with Gasteiger partial charge in [-0.25, -0.2) is 4.39 Å². The molecule has 35 heavy (non-hydrogen) atoms. The number of allylic oxidation sites excluding steroid dienone is 3. The molecule has 0 amide bonds. The summed E-state index contributed by atoms with van der Waals surface area (Å²) in [6.07, 6.45) is 24.8. The molecule has 0 aromatic heterocycles. The highest BCUT2D eigenvalue weighted by molar-refractivity contribution is 5.33. The molecule has 3 heteroatoms. The van der Waals surface area contributed by atoms with Gasteiger partial charge in [-0.3, -0.25) is 0 Å². The van der Waals surface area contributed by atoms with Crippen LogP contribution in [0.2, 0.25) is 0 Å². The lowest BCUT2D eigenvalue weighted by molar-refractivity contribution is 0.170. The van der Waals surface area contributed by atoms with Gasteiger partial charge < -0.3 is 4.74 Å². The van der Waals surface area contributed by atoms with Gasteiger partial charge >= 0.3 is 0 Å². The predicted octanol–water partition coefficient (Wildman–Crippen LogP) is 9.77. The van der Waals surface area contributed by atoms with Crippen LogP contribution < -0.4 is 4.74 Å². The van der Waals surface area contributed by atoms with Gasteiger partial charge in [0.2, 0.25) is 5.82 Å². The van der Waals surface area contributed by atoms with Crippen LogP contribution in [0, 0.1) is 41.2 Å². The molecule has 3 saturated carbocycles. The quantitative estimate of drug-likeness (QED) is 0.317. The molecule has 1 aromatic carbocycles. The molecule has 0 N–H and O–H groups in total. The van der Waals surface area contributed by atoms with E-state index >= 15 is 0 Å². The summed E-state index contributed by atoms with van der Waals surface area (Å²) in [5.74, 6) is 2.73. The fraction of sp³-hybridized carbons (Fsp3) is 0.688. The van der Waals surface area contributed by atoms with Gasteiger partial charge in [0.1, 0.15) is 0 Å². The third kappa shape index (κ3) is 6.98. The summed E-state index contributed by atoms with van der Waals surface area (Å²) in [6, 6.07) is 3.35. The third-order valence-electron chi connectivity index (χ3n) is 9.40. The van der Waals surface area contributed by atoms with Crippen molar-refractivity contribution >= 4 is 0 Å². The van der Waals surface area contributed by atoms with Crippen LogP contribution in [0.3, 0.4) is 0 Å². The molecule has 1 aromatic rings. The lowest BCUT2D eigenvalue weighted by Crippen LogP contribution is -2.25. The average molecular weight is 485 g/mol. The van der Waals surface area contributed by atoms with Gasteiger partial charge in [0, 0.05) is 0 Å². The van der Waals surface area contributed by atoms with Crippen molar-refractivity contribution in [3.05, 3.63) is 54.1 Å². The Morgan fingerprint density at radius 1 is 0.800 bits per heavy atom. The minimum atomic E-state index is -0.821. The van der Waals surface area contributed by atoms with Crippen molar-refractivity contribution < 1.29 is 13.5 Å². The molecular formula is C32H46F2O. The van der Waals surface area contributed by atoms with E-state index < -0.39 is 11.6 Å². The topological polar surface area (TPSA) is 9.23 Å². The summed E-state index contributed by atoms with van der Waals surface area (Å²) in [5.41, 5.74) is 0.549. The van der Waals surface area contributed by atoms with Crippen LogP contribution in [0.5, 0.6) is 5.75 Å². The molecule has 3 aliphatic rings. The number of hydrogen-bond acceptors (Lipinski definition) is 1. The molecule has 0 aliphatic heterocycles. The Bertz CT molecular complexity index is 822. The Morgan fingerprint density at radius 2 is 1.37 bits per heavy atom. The van der Waals surface area contributed by atoms with Crippen LogP contribution in [0.15, 0.2) is 36.9 Å². The van der Waals surface area contributed by atoms with Crippen molar-refractivity contribution in [2.24, 2.45) is 29.6 Å². The van der Waals surface area contributed by atoms with E-state index in [1.807, 2.05) is 0 Å². The van der Waals surface area contributed by atoms with Crippen molar-refractivity contribution in [2.75, 3.05) is 6.61 Å². The summed E-state index contributed by atoms with van der Waals surface area (Å²) in [5, 5.41) is 0. The zero-order valence-corrected chi connectivity index (χ0v) is 21.8. The summed E-state index contributed by atoms with van der Waals surface area (Å²) in [6.45, 7) is 5.99. The average Bonchev–Trinajstić information content (AvgIpc) is 2.90. The van der Waals surface area contributed by atoms with Gasteiger partial charge in [0.15, 0.2) is 11.6 Å². The van der Waals surface area contributed by atoms with E-state index in [4.69, 9.17) is 4.74 Å². The number of hydrogen-bond donors (Lipinski definition) is 0. The second-order valence-electron chi connectivity index (χ2n) is 11.5. The fourth-order valence-electron chi connectivity index (χ4n) is 7.18. The van der Waals surface area contributed by atoms with Crippen molar-refractivity contribution in [2.45, 2.75) is 103 Å². The number of rotatable bonds is 9. The van der Waals surface area contributed by atoms with Gasteiger partial charge in [-0.2, -0.15) is 4.39 Å². The first kappa shape index (κ1) is 26.4. The van der Waals surface area contributed by atoms with E-state index in [0.717, 1.165) is 55.3 Å². The number of ether oxygens (including phenoxy) is 1. The molecule has 194 valence electrons. The smallest absolute Gasteiger partial charge is 0.200 e. The van der Waals surface area contributed by atoms with Crippen LogP contribution in [-0.2, 0) is 0 Å². The van der Waals surface area contributed by atoms with E-state index in [2.05, 4.69) is 24.8 Å². The number of halogens is 2. The molecule has 4 rings (SSSR count). The first-order valence-electron chi connectivity index (χ1n) is 14.5. The molecule has 3 aliphatic carbocycles. The second-order valence-corrected chi connectivity index (χ2v) is 11.5. The first-order chi connectivity index (χ1) is 17.1. The molecule has 0 spiro atoms. The maximum atomic E-state index is 14.7. The SMILES string of the molecule is C=CCCC1CCC(/C=C/C2CCC(C3CCC(c4ccc(OCC)c(F)c4F)CC3)CC2)CC1. The van der Waals surface area contributed by atoms with E-state index in [-0.39, 0.29) is 11.7 Å². The van der Waals surface area contributed by atoms with Gasteiger partial charge in [-0.15, -0.1) is 6.58 Å². The van der Waals surface area contributed by atoms with E-state index in [1.54, 1.807) is 19.1 Å². The van der Waals surface area contributed by atoms with E-state index in [1.165, 1.54) is 64.2 Å². The summed E-state index contributed by atoms with van der Waals surface area (Å²) < 4.78 is 34.2. The standard InChI is InChI=1S/C32H46F2O/c1-3-5-6-23-7-9-24(10-8-23)11-12-25-13-15-26(16-14-25)27-17-19-28(20-18-27)29-21-22-30(35-4-2)32(34)31(29)33/h3,11-12,21-28H,1,4-10,13-20H2,2H3/b12-11+. The van der Waals surface area contributed by atoms with Crippen LogP contribution in [-0.4, -0.2) is 6.61 Å². The molecule has 0 radical (unpaired) electrons. The maximum absolute atomic E-state index is 14.7. The molecule has 1 nitrogen and oxygen atoms in total. The van der Waals surface area contributed by atoms with Crippen molar-refractivity contribution in [3.8, 4) is 5.75 Å². The number of benzene rings is 1. The minimum absolute atomic E-state index is 0.0319. The monoisotopic (exact) mass is 484 g/mol. The summed E-state index contributed by atoms with van der Waals surface area (Å²) in [7, 11) is 0. The van der Waals surface area contributed by atoms with Crippen LogP contribution in [0.4, 0.5) is 8.78 Å². The highest BCUT2D eigenvalue weighted by Crippen LogP contribution is 2.45. The molecule has 0 unspecified atom stereocenters. The largest absolute Gasteiger partial charge is 0.491 e. The lowest BCUT2D eigenvalue weighted by atomic mass is 9.68. The van der Waals surface area contributed by atoms with Gasteiger partial charge in [0.25, 0.3) is 0 Å². The maximum Gasteiger partial charge on any atom is 0.200 e. The molecule has 3 fully saturated rings. The van der Waals surface area contributed by atoms with E-state index in [0.29, 0.717) is 12.2 Å². The zero-order chi connectivity index (χ0) is 24.6. The second kappa shape index (κ2) is 13.1. The fourth-order valence-corrected chi connectivity index (χ4v) is 7.18. The highest BCUT2D eigenvalue weighted by atomic mass is 19.2. The van der Waals surface area contributed by atoms with Crippen molar-refractivity contribution in [3.63, 3.8) is 0 Å². The van der Waals surface area contributed by atoms with Gasteiger partial charge in [-0.05, 0) is 144 Å². The Balaban J connectivity index is 1.18. The van der Waals surface area contributed by atoms with E-state index in [9.17, 15) is 8.78 Å². The minimum Gasteiger partial charge on any atom is -0.491 e.